The lowest BCUT2D eigenvalue weighted by Gasteiger charge is -2.28. The van der Waals surface area contributed by atoms with Gasteiger partial charge in [0, 0.05) is 66.1 Å². The molecule has 12 aromatic carbocycles. The number of benzene rings is 12. The van der Waals surface area contributed by atoms with Gasteiger partial charge in [-0.05, 0) is 131 Å². The summed E-state index contributed by atoms with van der Waals surface area (Å²) in [7, 11) is 0. The molecule has 0 amide bonds. The Morgan fingerprint density at radius 1 is 0.216 bits per heavy atom. The Hall–Kier alpha value is -9.90. The van der Waals surface area contributed by atoms with Crippen molar-refractivity contribution in [3.05, 3.63) is 279 Å². The first-order valence-electron chi connectivity index (χ1n) is 25.4. The van der Waals surface area contributed by atoms with E-state index in [2.05, 4.69) is 298 Å². The Morgan fingerprint density at radius 2 is 0.568 bits per heavy atom. The van der Waals surface area contributed by atoms with Gasteiger partial charge in [0.2, 0.25) is 0 Å². The second-order valence-electron chi connectivity index (χ2n) is 19.3. The summed E-state index contributed by atoms with van der Waals surface area (Å²) in [5, 5.41) is 9.85. The smallest absolute Gasteiger partial charge is 0.0547 e. The molecule has 0 fully saturated rings. The van der Waals surface area contributed by atoms with Crippen molar-refractivity contribution in [2.45, 2.75) is 0 Å². The first-order valence-corrected chi connectivity index (χ1v) is 25.4. The number of aromatic nitrogens is 3. The maximum Gasteiger partial charge on any atom is 0.0547 e. The Labute approximate surface area is 428 Å². The molecule has 15 aromatic rings. The zero-order chi connectivity index (χ0) is 48.7. The van der Waals surface area contributed by atoms with E-state index in [1.807, 2.05) is 0 Å². The molecule has 0 unspecified atom stereocenters. The van der Waals surface area contributed by atoms with Crippen molar-refractivity contribution in [2.24, 2.45) is 0 Å². The average Bonchev–Trinajstić information content (AvgIpc) is 4.11. The highest BCUT2D eigenvalue weighted by molar-refractivity contribution is 6.13. The summed E-state index contributed by atoms with van der Waals surface area (Å²) in [6.45, 7) is 0. The third-order valence-electron chi connectivity index (χ3n) is 15.2. The third kappa shape index (κ3) is 6.55. The average molecular weight is 943 g/mol. The van der Waals surface area contributed by atoms with Crippen LogP contribution in [0.4, 0.5) is 17.1 Å². The van der Waals surface area contributed by atoms with Gasteiger partial charge < -0.3 is 18.6 Å². The second kappa shape index (κ2) is 16.9. The SMILES string of the molecule is c1ccc(-n2c3ccccc3c3ccc(-c4ccc(N(c5ccc(-n6c7ccccc7c7ccccc76)cc5)c5ccc(-c6ccc7c8ccccc8n(-c8ccccc8)c7c6)c6ccccc56)cc4)cc32)cc1. The fourth-order valence-electron chi connectivity index (χ4n) is 11.9. The molecule has 3 heterocycles. The van der Waals surface area contributed by atoms with Crippen molar-refractivity contribution in [3.8, 4) is 39.3 Å². The summed E-state index contributed by atoms with van der Waals surface area (Å²) in [5.74, 6) is 0. The molecule has 0 atom stereocenters. The minimum absolute atomic E-state index is 1.07. The van der Waals surface area contributed by atoms with Crippen LogP contribution in [-0.4, -0.2) is 13.7 Å². The van der Waals surface area contributed by atoms with E-state index in [0.717, 1.165) is 39.7 Å². The van der Waals surface area contributed by atoms with Crippen LogP contribution in [0.1, 0.15) is 0 Å². The molecule has 74 heavy (non-hydrogen) atoms. The number of hydrogen-bond acceptors (Lipinski definition) is 1. The summed E-state index contributed by atoms with van der Waals surface area (Å²) >= 11 is 0. The number of nitrogens with zero attached hydrogens (tertiary/aromatic N) is 4. The van der Waals surface area contributed by atoms with Crippen molar-refractivity contribution in [2.75, 3.05) is 4.90 Å². The highest BCUT2D eigenvalue weighted by atomic mass is 15.1. The van der Waals surface area contributed by atoms with E-state index in [1.54, 1.807) is 0 Å². The largest absolute Gasteiger partial charge is 0.310 e. The number of rotatable bonds is 8. The molecule has 0 aliphatic heterocycles. The van der Waals surface area contributed by atoms with E-state index < -0.39 is 0 Å². The number of hydrogen-bond donors (Lipinski definition) is 0. The first-order chi connectivity index (χ1) is 36.7. The molecule has 0 aliphatic rings. The molecule has 3 aromatic heterocycles. The Balaban J connectivity index is 0.886. The Kier molecular flexibility index (Phi) is 9.54. The maximum atomic E-state index is 2.43. The molecule has 4 nitrogen and oxygen atoms in total. The molecule has 0 N–H and O–H groups in total. The summed E-state index contributed by atoms with van der Waals surface area (Å²) in [4.78, 5) is 2.43. The van der Waals surface area contributed by atoms with Gasteiger partial charge in [0.05, 0.1) is 38.8 Å². The molecule has 346 valence electrons. The molecule has 0 saturated carbocycles. The summed E-state index contributed by atoms with van der Waals surface area (Å²) in [6, 6.07) is 102. The van der Waals surface area contributed by atoms with E-state index in [-0.39, 0.29) is 0 Å². The van der Waals surface area contributed by atoms with Gasteiger partial charge >= 0.3 is 0 Å². The molecular weight excluding hydrogens is 897 g/mol. The fraction of sp³-hybridized carbons (Fsp3) is 0. The van der Waals surface area contributed by atoms with Gasteiger partial charge in [-0.25, -0.2) is 0 Å². The van der Waals surface area contributed by atoms with E-state index in [1.165, 1.54) is 92.9 Å². The van der Waals surface area contributed by atoms with E-state index >= 15 is 0 Å². The predicted octanol–water partition coefficient (Wildman–Crippen LogP) is 18.9. The fourth-order valence-corrected chi connectivity index (χ4v) is 11.9. The lowest BCUT2D eigenvalue weighted by Crippen LogP contribution is -2.11. The minimum atomic E-state index is 1.07. The van der Waals surface area contributed by atoms with Crippen molar-refractivity contribution >= 4 is 93.3 Å². The van der Waals surface area contributed by atoms with Gasteiger partial charge in [-0.3, -0.25) is 0 Å². The summed E-state index contributed by atoms with van der Waals surface area (Å²) in [6.07, 6.45) is 0. The monoisotopic (exact) mass is 942 g/mol. The number of para-hydroxylation sites is 6. The molecule has 0 radical (unpaired) electrons. The highest BCUT2D eigenvalue weighted by Gasteiger charge is 2.21. The normalized spacial score (nSPS) is 11.8. The zero-order valence-electron chi connectivity index (χ0n) is 40.3. The van der Waals surface area contributed by atoms with Crippen LogP contribution in [0.25, 0.3) is 116 Å². The van der Waals surface area contributed by atoms with Crippen LogP contribution in [0.3, 0.4) is 0 Å². The lowest BCUT2D eigenvalue weighted by molar-refractivity contribution is 1.17. The molecule has 0 saturated heterocycles. The molecule has 0 bridgehead atoms. The Morgan fingerprint density at radius 3 is 1.07 bits per heavy atom. The van der Waals surface area contributed by atoms with Crippen LogP contribution in [0, 0.1) is 0 Å². The molecule has 0 aliphatic carbocycles. The van der Waals surface area contributed by atoms with Crippen LogP contribution in [0.5, 0.6) is 0 Å². The molecular formula is C70H46N4. The van der Waals surface area contributed by atoms with Gasteiger partial charge in [-0.1, -0.05) is 176 Å². The number of anilines is 3. The summed E-state index contributed by atoms with van der Waals surface area (Å²) in [5.41, 5.74) is 18.5. The van der Waals surface area contributed by atoms with E-state index in [0.29, 0.717) is 0 Å². The van der Waals surface area contributed by atoms with Gasteiger partial charge in [0.1, 0.15) is 0 Å². The molecule has 4 heteroatoms. The van der Waals surface area contributed by atoms with Crippen LogP contribution in [0.15, 0.2) is 279 Å². The molecule has 0 spiro atoms. The molecule has 15 rings (SSSR count). The van der Waals surface area contributed by atoms with Crippen LogP contribution < -0.4 is 4.90 Å². The quantitative estimate of drug-likeness (QED) is 0.148. The van der Waals surface area contributed by atoms with Gasteiger partial charge in [0.15, 0.2) is 0 Å². The van der Waals surface area contributed by atoms with Crippen molar-refractivity contribution in [3.63, 3.8) is 0 Å². The van der Waals surface area contributed by atoms with Crippen LogP contribution in [0.2, 0.25) is 0 Å². The van der Waals surface area contributed by atoms with Crippen molar-refractivity contribution in [1.82, 2.24) is 13.7 Å². The third-order valence-corrected chi connectivity index (χ3v) is 15.2. The minimum Gasteiger partial charge on any atom is -0.310 e. The maximum absolute atomic E-state index is 2.43. The zero-order valence-corrected chi connectivity index (χ0v) is 40.3. The van der Waals surface area contributed by atoms with E-state index in [9.17, 15) is 0 Å². The van der Waals surface area contributed by atoms with Gasteiger partial charge in [0.25, 0.3) is 0 Å². The topological polar surface area (TPSA) is 18.0 Å². The second-order valence-corrected chi connectivity index (χ2v) is 19.3. The van der Waals surface area contributed by atoms with Gasteiger partial charge in [-0.2, -0.15) is 0 Å². The number of fused-ring (bicyclic) bond motifs is 10. The van der Waals surface area contributed by atoms with Gasteiger partial charge in [-0.15, -0.1) is 0 Å². The lowest BCUT2D eigenvalue weighted by atomic mass is 9.95. The van der Waals surface area contributed by atoms with E-state index in [4.69, 9.17) is 0 Å². The predicted molar refractivity (Wildman–Crippen MR) is 313 cm³/mol. The standard InChI is InChI=1S/C70H46N4/c1-3-17-50(18-4-1)73-66-29-15-11-25-60(66)62-41-33-48(45-69(62)73)47-31-35-52(36-32-47)71(53-37-39-54(40-38-53)72-64-27-13-9-23-58(64)59-24-10-14-28-65(59)72)68-44-43-55(56-21-7-8-22-57(56)68)49-34-42-63-61-26-12-16-30-67(61)74(70(63)46-49)51-19-5-2-6-20-51/h1-46H. The van der Waals surface area contributed by atoms with Crippen LogP contribution in [-0.2, 0) is 0 Å². The van der Waals surface area contributed by atoms with Crippen molar-refractivity contribution in [1.29, 1.82) is 0 Å². The Bertz CT molecular complexity index is 4580. The summed E-state index contributed by atoms with van der Waals surface area (Å²) < 4.78 is 7.18. The van der Waals surface area contributed by atoms with Crippen molar-refractivity contribution < 1.29 is 0 Å². The van der Waals surface area contributed by atoms with Crippen LogP contribution >= 0.6 is 0 Å². The first kappa shape index (κ1) is 41.8. The highest BCUT2D eigenvalue weighted by Crippen LogP contribution is 2.45.